The Morgan fingerprint density at radius 2 is 1.83 bits per heavy atom. The van der Waals surface area contributed by atoms with Gasteiger partial charge in [-0.3, -0.25) is 4.90 Å². The maximum Gasteiger partial charge on any atom is 0.0632 e. The third kappa shape index (κ3) is 2.87. The molecule has 1 aliphatic heterocycles. The number of nitrogens with zero attached hydrogens (tertiary/aromatic N) is 1. The summed E-state index contributed by atoms with van der Waals surface area (Å²) in [5, 5.41) is 4.36. The van der Waals surface area contributed by atoms with Crippen LogP contribution < -0.4 is 5.32 Å². The Morgan fingerprint density at radius 1 is 1.17 bits per heavy atom. The Morgan fingerprint density at radius 3 is 2.44 bits per heavy atom. The molecule has 98 valence electrons. The summed E-state index contributed by atoms with van der Waals surface area (Å²) >= 11 is 13.2. The molecular weight excluding hydrogens is 379 g/mol. The van der Waals surface area contributed by atoms with Crippen LogP contribution in [-0.4, -0.2) is 30.1 Å². The molecule has 1 atom stereocenters. The Hall–Kier alpha value is 0.230. The molecule has 1 saturated carbocycles. The lowest BCUT2D eigenvalue weighted by atomic mass is 10.2. The van der Waals surface area contributed by atoms with E-state index in [0.717, 1.165) is 32.2 Å². The number of nitrogens with one attached hydrogen (secondary N) is 1. The van der Waals surface area contributed by atoms with Crippen LogP contribution in [0, 0.1) is 0 Å². The molecule has 2 aliphatic rings. The Balaban J connectivity index is 1.69. The van der Waals surface area contributed by atoms with Gasteiger partial charge in [-0.05, 0) is 63.3 Å². The number of benzene rings is 1. The largest absolute Gasteiger partial charge is 0.379 e. The SMILES string of the molecule is Clc1cc(Br)c(NC2CCN(C3CC3)C2)c(Br)c1. The number of hydrogen-bond donors (Lipinski definition) is 1. The second kappa shape index (κ2) is 5.31. The van der Waals surface area contributed by atoms with Crippen LogP contribution in [0.5, 0.6) is 0 Å². The zero-order chi connectivity index (χ0) is 12.7. The molecule has 2 nitrogen and oxygen atoms in total. The highest BCUT2D eigenvalue weighted by molar-refractivity contribution is 9.11. The molecule has 5 heteroatoms. The highest BCUT2D eigenvalue weighted by Gasteiger charge is 2.34. The summed E-state index contributed by atoms with van der Waals surface area (Å²) in [5.41, 5.74) is 1.11. The lowest BCUT2D eigenvalue weighted by molar-refractivity contribution is 0.326. The van der Waals surface area contributed by atoms with E-state index in [1.165, 1.54) is 25.8 Å². The van der Waals surface area contributed by atoms with Crippen molar-refractivity contribution in [3.05, 3.63) is 26.1 Å². The monoisotopic (exact) mass is 392 g/mol. The first-order chi connectivity index (χ1) is 8.63. The minimum absolute atomic E-state index is 0.541. The van der Waals surface area contributed by atoms with E-state index in [1.807, 2.05) is 12.1 Å². The predicted molar refractivity (Wildman–Crippen MR) is 83.5 cm³/mol. The van der Waals surface area contributed by atoms with Crippen LogP contribution in [0.4, 0.5) is 5.69 Å². The highest BCUT2D eigenvalue weighted by Crippen LogP contribution is 2.36. The summed E-state index contributed by atoms with van der Waals surface area (Å²) in [5.74, 6) is 0. The van der Waals surface area contributed by atoms with E-state index < -0.39 is 0 Å². The number of halogens is 3. The van der Waals surface area contributed by atoms with E-state index in [9.17, 15) is 0 Å². The minimum Gasteiger partial charge on any atom is -0.379 e. The molecular formula is C13H15Br2ClN2. The van der Waals surface area contributed by atoms with Crippen LogP contribution in [-0.2, 0) is 0 Å². The molecule has 2 fully saturated rings. The first kappa shape index (κ1) is 13.2. The summed E-state index contributed by atoms with van der Waals surface area (Å²) in [4.78, 5) is 2.61. The quantitative estimate of drug-likeness (QED) is 0.811. The zero-order valence-electron chi connectivity index (χ0n) is 9.93. The molecule has 1 aromatic carbocycles. The number of anilines is 1. The van der Waals surface area contributed by atoms with Crippen LogP contribution in [0.2, 0.25) is 5.02 Å². The van der Waals surface area contributed by atoms with E-state index in [1.54, 1.807) is 0 Å². The summed E-state index contributed by atoms with van der Waals surface area (Å²) < 4.78 is 2.04. The highest BCUT2D eigenvalue weighted by atomic mass is 79.9. The van der Waals surface area contributed by atoms with Gasteiger partial charge < -0.3 is 5.32 Å². The fourth-order valence-corrected chi connectivity index (χ4v) is 4.46. The third-order valence-corrected chi connectivity index (χ3v) is 5.11. The first-order valence-electron chi connectivity index (χ1n) is 6.28. The second-order valence-electron chi connectivity index (χ2n) is 5.10. The lowest BCUT2D eigenvalue weighted by Crippen LogP contribution is -2.27. The average Bonchev–Trinajstić information content (AvgIpc) is 3.04. The van der Waals surface area contributed by atoms with Gasteiger partial charge in [0.1, 0.15) is 0 Å². The van der Waals surface area contributed by atoms with Gasteiger partial charge in [0, 0.05) is 39.1 Å². The van der Waals surface area contributed by atoms with Crippen molar-refractivity contribution >= 4 is 49.1 Å². The van der Waals surface area contributed by atoms with Crippen LogP contribution in [0.15, 0.2) is 21.1 Å². The molecule has 1 unspecified atom stereocenters. The van der Waals surface area contributed by atoms with Gasteiger partial charge in [0.15, 0.2) is 0 Å². The number of rotatable bonds is 3. The fraction of sp³-hybridized carbons (Fsp3) is 0.538. The molecule has 0 amide bonds. The van der Waals surface area contributed by atoms with Gasteiger partial charge in [-0.1, -0.05) is 11.6 Å². The van der Waals surface area contributed by atoms with Gasteiger partial charge in [0.2, 0.25) is 0 Å². The predicted octanol–water partition coefficient (Wildman–Crippen LogP) is 4.51. The Labute approximate surface area is 129 Å². The molecule has 1 heterocycles. The molecule has 0 bridgehead atoms. The average molecular weight is 395 g/mol. The van der Waals surface area contributed by atoms with Crippen molar-refractivity contribution in [2.45, 2.75) is 31.3 Å². The van der Waals surface area contributed by atoms with E-state index in [2.05, 4.69) is 42.1 Å². The third-order valence-electron chi connectivity index (χ3n) is 3.64. The molecule has 0 aromatic heterocycles. The topological polar surface area (TPSA) is 15.3 Å². The van der Waals surface area contributed by atoms with Crippen LogP contribution >= 0.6 is 43.5 Å². The van der Waals surface area contributed by atoms with Crippen molar-refractivity contribution < 1.29 is 0 Å². The standard InChI is InChI=1S/C13H15Br2ClN2/c14-11-5-8(16)6-12(15)13(11)17-9-3-4-18(7-9)10-1-2-10/h5-6,9-10,17H,1-4,7H2. The van der Waals surface area contributed by atoms with Gasteiger partial charge >= 0.3 is 0 Å². The van der Waals surface area contributed by atoms with Gasteiger partial charge in [-0.15, -0.1) is 0 Å². The summed E-state index contributed by atoms with van der Waals surface area (Å²) in [6.45, 7) is 2.39. The first-order valence-corrected chi connectivity index (χ1v) is 8.25. The fourth-order valence-electron chi connectivity index (χ4n) is 2.56. The summed E-state index contributed by atoms with van der Waals surface area (Å²) in [6.07, 6.45) is 4.00. The maximum absolute atomic E-state index is 6.02. The molecule has 1 N–H and O–H groups in total. The minimum atomic E-state index is 0.541. The van der Waals surface area contributed by atoms with Crippen molar-refractivity contribution in [2.24, 2.45) is 0 Å². The molecule has 0 radical (unpaired) electrons. The summed E-state index contributed by atoms with van der Waals surface area (Å²) in [6, 6.07) is 5.28. The van der Waals surface area contributed by atoms with E-state index in [4.69, 9.17) is 11.6 Å². The lowest BCUT2D eigenvalue weighted by Gasteiger charge is -2.18. The number of likely N-dealkylation sites (tertiary alicyclic amines) is 1. The molecule has 1 aromatic rings. The maximum atomic E-state index is 6.02. The molecule has 1 aliphatic carbocycles. The zero-order valence-corrected chi connectivity index (χ0v) is 13.9. The van der Waals surface area contributed by atoms with Crippen LogP contribution in [0.25, 0.3) is 0 Å². The molecule has 1 saturated heterocycles. The van der Waals surface area contributed by atoms with Gasteiger partial charge in [-0.25, -0.2) is 0 Å². The smallest absolute Gasteiger partial charge is 0.0632 e. The van der Waals surface area contributed by atoms with Gasteiger partial charge in [0.05, 0.1) is 5.69 Å². The van der Waals surface area contributed by atoms with Gasteiger partial charge in [-0.2, -0.15) is 0 Å². The molecule has 18 heavy (non-hydrogen) atoms. The van der Waals surface area contributed by atoms with Gasteiger partial charge in [0.25, 0.3) is 0 Å². The van der Waals surface area contributed by atoms with Crippen molar-refractivity contribution in [3.8, 4) is 0 Å². The molecule has 0 spiro atoms. The normalized spacial score (nSPS) is 24.5. The molecule has 3 rings (SSSR count). The van der Waals surface area contributed by atoms with Crippen molar-refractivity contribution in [2.75, 3.05) is 18.4 Å². The Bertz CT molecular complexity index is 439. The van der Waals surface area contributed by atoms with Crippen LogP contribution in [0.3, 0.4) is 0 Å². The summed E-state index contributed by atoms with van der Waals surface area (Å²) in [7, 11) is 0. The van der Waals surface area contributed by atoms with E-state index in [0.29, 0.717) is 6.04 Å². The van der Waals surface area contributed by atoms with E-state index >= 15 is 0 Å². The Kier molecular flexibility index (Phi) is 3.90. The second-order valence-corrected chi connectivity index (χ2v) is 7.25. The van der Waals surface area contributed by atoms with Crippen molar-refractivity contribution in [1.29, 1.82) is 0 Å². The van der Waals surface area contributed by atoms with Crippen molar-refractivity contribution in [3.63, 3.8) is 0 Å². The van der Waals surface area contributed by atoms with Crippen LogP contribution in [0.1, 0.15) is 19.3 Å². The number of hydrogen-bond acceptors (Lipinski definition) is 2. The van der Waals surface area contributed by atoms with E-state index in [-0.39, 0.29) is 0 Å². The van der Waals surface area contributed by atoms with Crippen molar-refractivity contribution in [1.82, 2.24) is 4.90 Å².